The van der Waals surface area contributed by atoms with E-state index in [1.54, 1.807) is 26.1 Å². The van der Waals surface area contributed by atoms with Gasteiger partial charge in [0.1, 0.15) is 17.0 Å². The maximum atomic E-state index is 16.0. The average molecular weight is 500 g/mol. The van der Waals surface area contributed by atoms with E-state index < -0.39 is 5.82 Å². The zero-order valence-electron chi connectivity index (χ0n) is 20.5. The van der Waals surface area contributed by atoms with E-state index in [2.05, 4.69) is 40.3 Å². The Morgan fingerprint density at radius 1 is 1.14 bits per heavy atom. The molecule has 37 heavy (non-hydrogen) atoms. The third-order valence-electron chi connectivity index (χ3n) is 6.63. The lowest BCUT2D eigenvalue weighted by Gasteiger charge is -2.27. The fourth-order valence-corrected chi connectivity index (χ4v) is 4.64. The van der Waals surface area contributed by atoms with Gasteiger partial charge in [-0.15, -0.1) is 0 Å². The summed E-state index contributed by atoms with van der Waals surface area (Å²) in [6.07, 6.45) is 9.71. The summed E-state index contributed by atoms with van der Waals surface area (Å²) in [7, 11) is 0. The van der Waals surface area contributed by atoms with Crippen molar-refractivity contribution in [2.45, 2.75) is 33.1 Å². The summed E-state index contributed by atoms with van der Waals surface area (Å²) in [5, 5.41) is 10.1. The molecule has 0 radical (unpaired) electrons. The predicted octanol–water partition coefficient (Wildman–Crippen LogP) is 4.68. The number of pyridine rings is 3. The topological polar surface area (TPSA) is 128 Å². The standard InChI is InChI=1S/C26H26FN9O/c1-14(2)26(37)31-16-10-15(11-28-12-16)17-13-30-23-19(20(17)27)22(34-35-23)24-32-18-6-7-29-25(21(18)33-24)36-8-4-3-5-9-36/h6-7,10-14H,3-5,8-9H2,1-2H3,(H,31,37)(H,32,33)(H,30,34,35). The van der Waals surface area contributed by atoms with Gasteiger partial charge in [0.15, 0.2) is 17.3 Å². The number of H-pyrrole nitrogens is 2. The van der Waals surface area contributed by atoms with Crippen LogP contribution in [0.25, 0.3) is 44.7 Å². The van der Waals surface area contributed by atoms with Gasteiger partial charge in [0, 0.05) is 48.7 Å². The first-order valence-corrected chi connectivity index (χ1v) is 12.4. The molecule has 5 aromatic rings. The largest absolute Gasteiger partial charge is 0.355 e. The second-order valence-corrected chi connectivity index (χ2v) is 9.55. The molecule has 0 spiro atoms. The fourth-order valence-electron chi connectivity index (χ4n) is 4.64. The number of nitrogens with zero attached hydrogens (tertiary/aromatic N) is 6. The number of fused-ring (bicyclic) bond motifs is 2. The maximum Gasteiger partial charge on any atom is 0.226 e. The van der Waals surface area contributed by atoms with E-state index in [9.17, 15) is 4.79 Å². The zero-order chi connectivity index (χ0) is 25.5. The molecule has 0 atom stereocenters. The Hall–Kier alpha value is -4.41. The van der Waals surface area contributed by atoms with Gasteiger partial charge in [0.2, 0.25) is 5.91 Å². The molecule has 6 heterocycles. The number of hydrogen-bond donors (Lipinski definition) is 3. The number of carbonyl (C=O) groups excluding carboxylic acids is 1. The molecule has 188 valence electrons. The van der Waals surface area contributed by atoms with Crippen molar-refractivity contribution in [1.29, 1.82) is 0 Å². The summed E-state index contributed by atoms with van der Waals surface area (Å²) in [5.74, 6) is 0.444. The van der Waals surface area contributed by atoms with Crippen LogP contribution in [0, 0.1) is 11.7 Å². The lowest BCUT2D eigenvalue weighted by atomic mass is 10.1. The number of hydrogen-bond acceptors (Lipinski definition) is 7. The maximum absolute atomic E-state index is 16.0. The molecular weight excluding hydrogens is 473 g/mol. The van der Waals surface area contributed by atoms with E-state index in [1.807, 2.05) is 6.07 Å². The van der Waals surface area contributed by atoms with Crippen LogP contribution in [0.3, 0.4) is 0 Å². The van der Waals surface area contributed by atoms with Crippen LogP contribution >= 0.6 is 0 Å². The van der Waals surface area contributed by atoms with Crippen molar-refractivity contribution in [3.05, 3.63) is 42.7 Å². The van der Waals surface area contributed by atoms with Crippen LogP contribution in [0.4, 0.5) is 15.9 Å². The molecule has 0 aromatic carbocycles. The van der Waals surface area contributed by atoms with Crippen LogP contribution < -0.4 is 10.2 Å². The van der Waals surface area contributed by atoms with Crippen LogP contribution in [0.1, 0.15) is 33.1 Å². The van der Waals surface area contributed by atoms with Crippen LogP contribution in [0.15, 0.2) is 36.9 Å². The summed E-state index contributed by atoms with van der Waals surface area (Å²) < 4.78 is 16.0. The van der Waals surface area contributed by atoms with E-state index in [1.165, 1.54) is 25.0 Å². The van der Waals surface area contributed by atoms with Crippen molar-refractivity contribution in [3.63, 3.8) is 0 Å². The highest BCUT2D eigenvalue weighted by molar-refractivity contribution is 5.96. The lowest BCUT2D eigenvalue weighted by molar-refractivity contribution is -0.118. The second-order valence-electron chi connectivity index (χ2n) is 9.55. The second kappa shape index (κ2) is 9.23. The number of rotatable bonds is 5. The molecule has 1 aliphatic heterocycles. The first kappa shape index (κ1) is 23.0. The molecule has 0 aliphatic carbocycles. The summed E-state index contributed by atoms with van der Waals surface area (Å²) >= 11 is 0. The number of halogens is 1. The van der Waals surface area contributed by atoms with E-state index in [-0.39, 0.29) is 28.4 Å². The van der Waals surface area contributed by atoms with Crippen LogP contribution in [0.5, 0.6) is 0 Å². The molecule has 1 amide bonds. The van der Waals surface area contributed by atoms with Gasteiger partial charge in [-0.05, 0) is 31.4 Å². The molecule has 1 saturated heterocycles. The Morgan fingerprint density at radius 3 is 2.78 bits per heavy atom. The van der Waals surface area contributed by atoms with Crippen molar-refractivity contribution < 1.29 is 9.18 Å². The van der Waals surface area contributed by atoms with Gasteiger partial charge in [-0.3, -0.25) is 14.9 Å². The quantitative estimate of drug-likeness (QED) is 0.320. The summed E-state index contributed by atoms with van der Waals surface area (Å²) in [6.45, 7) is 5.48. The van der Waals surface area contributed by atoms with Gasteiger partial charge in [-0.25, -0.2) is 19.3 Å². The first-order chi connectivity index (χ1) is 18.0. The number of nitrogens with one attached hydrogen (secondary N) is 3. The number of imidazole rings is 1. The molecule has 11 heteroatoms. The lowest BCUT2D eigenvalue weighted by Crippen LogP contribution is -2.30. The Balaban J connectivity index is 1.42. The number of anilines is 2. The molecule has 0 saturated carbocycles. The smallest absolute Gasteiger partial charge is 0.226 e. The number of piperidine rings is 1. The Kier molecular flexibility index (Phi) is 5.74. The van der Waals surface area contributed by atoms with Crippen LogP contribution in [-0.2, 0) is 4.79 Å². The Morgan fingerprint density at radius 2 is 1.97 bits per heavy atom. The third-order valence-corrected chi connectivity index (χ3v) is 6.63. The van der Waals surface area contributed by atoms with Crippen LogP contribution in [-0.4, -0.2) is 54.1 Å². The van der Waals surface area contributed by atoms with Crippen LogP contribution in [0.2, 0.25) is 0 Å². The van der Waals surface area contributed by atoms with Crippen molar-refractivity contribution >= 4 is 39.5 Å². The summed E-state index contributed by atoms with van der Waals surface area (Å²) in [6, 6.07) is 3.54. The number of aromatic amines is 2. The van der Waals surface area contributed by atoms with E-state index in [0.29, 0.717) is 22.8 Å². The molecule has 10 nitrogen and oxygen atoms in total. The monoisotopic (exact) mass is 499 g/mol. The molecule has 1 aliphatic rings. The SMILES string of the molecule is CC(C)C(=O)Nc1cncc(-c2cnc3n[nH]c(-c4nc5c(N6CCCCC6)nccc5[nH]4)c3c2F)c1. The first-order valence-electron chi connectivity index (χ1n) is 12.4. The summed E-state index contributed by atoms with van der Waals surface area (Å²) in [4.78, 5) is 35.6. The van der Waals surface area contributed by atoms with Crippen molar-refractivity contribution in [3.8, 4) is 22.6 Å². The highest BCUT2D eigenvalue weighted by Crippen LogP contribution is 2.34. The van der Waals surface area contributed by atoms with Gasteiger partial charge < -0.3 is 15.2 Å². The minimum absolute atomic E-state index is 0.145. The molecule has 0 unspecified atom stereocenters. The van der Waals surface area contributed by atoms with Gasteiger partial charge in [0.05, 0.1) is 22.8 Å². The highest BCUT2D eigenvalue weighted by atomic mass is 19.1. The molecule has 6 rings (SSSR count). The normalized spacial score (nSPS) is 14.1. The van der Waals surface area contributed by atoms with E-state index >= 15 is 4.39 Å². The molecular formula is C26H26FN9O. The highest BCUT2D eigenvalue weighted by Gasteiger charge is 2.23. The van der Waals surface area contributed by atoms with Gasteiger partial charge in [-0.1, -0.05) is 13.8 Å². The molecule has 5 aromatic heterocycles. The number of carbonyl (C=O) groups is 1. The van der Waals surface area contributed by atoms with E-state index in [0.717, 1.165) is 42.8 Å². The van der Waals surface area contributed by atoms with Crippen molar-refractivity contribution in [2.75, 3.05) is 23.3 Å². The van der Waals surface area contributed by atoms with Gasteiger partial charge >= 0.3 is 0 Å². The van der Waals surface area contributed by atoms with Gasteiger partial charge in [-0.2, -0.15) is 5.10 Å². The van der Waals surface area contributed by atoms with E-state index in [4.69, 9.17) is 4.98 Å². The molecule has 3 N–H and O–H groups in total. The van der Waals surface area contributed by atoms with Crippen molar-refractivity contribution in [2.24, 2.45) is 5.92 Å². The van der Waals surface area contributed by atoms with Gasteiger partial charge in [0.25, 0.3) is 0 Å². The predicted molar refractivity (Wildman–Crippen MR) is 139 cm³/mol. The molecule has 0 bridgehead atoms. The minimum Gasteiger partial charge on any atom is -0.355 e. The molecule has 1 fully saturated rings. The Bertz CT molecular complexity index is 1620. The zero-order valence-corrected chi connectivity index (χ0v) is 20.5. The third kappa shape index (κ3) is 4.15. The number of amides is 1. The number of aromatic nitrogens is 7. The average Bonchev–Trinajstić information content (AvgIpc) is 3.54. The fraction of sp³-hybridized carbons (Fsp3) is 0.308. The summed E-state index contributed by atoms with van der Waals surface area (Å²) in [5.41, 5.74) is 3.42. The Labute approximate surface area is 211 Å². The minimum atomic E-state index is -0.502. The van der Waals surface area contributed by atoms with Crippen molar-refractivity contribution in [1.82, 2.24) is 35.1 Å².